The second-order valence-corrected chi connectivity index (χ2v) is 4.90. The van der Waals surface area contributed by atoms with Gasteiger partial charge < -0.3 is 10.3 Å². The molecule has 1 amide bonds. The van der Waals surface area contributed by atoms with E-state index in [1.165, 1.54) is 5.56 Å². The maximum absolute atomic E-state index is 11.8. The fourth-order valence-electron chi connectivity index (χ4n) is 1.65. The molecule has 0 aliphatic carbocycles. The van der Waals surface area contributed by atoms with Gasteiger partial charge in [0.05, 0.1) is 5.02 Å². The smallest absolute Gasteiger partial charge is 0.272 e. The minimum Gasteiger partial charge on any atom is -0.356 e. The summed E-state index contributed by atoms with van der Waals surface area (Å²) in [5.41, 5.74) is 2.47. The standard InChI is InChI=1S/C14H15ClN2O/c1-9(2)10-3-5-12(6-4-10)17-14(18)13-7-11(15)8-16-13/h3-9,16H,1-2H3,(H,17,18). The molecule has 2 rings (SSSR count). The van der Waals surface area contributed by atoms with Crippen molar-refractivity contribution in [3.05, 3.63) is 52.8 Å². The number of amides is 1. The Morgan fingerprint density at radius 2 is 1.94 bits per heavy atom. The monoisotopic (exact) mass is 262 g/mol. The summed E-state index contributed by atoms with van der Waals surface area (Å²) in [5.74, 6) is 0.288. The van der Waals surface area contributed by atoms with Gasteiger partial charge in [-0.1, -0.05) is 37.6 Å². The molecule has 0 aliphatic rings. The highest BCUT2D eigenvalue weighted by Gasteiger charge is 2.08. The fourth-order valence-corrected chi connectivity index (χ4v) is 1.81. The van der Waals surface area contributed by atoms with Gasteiger partial charge >= 0.3 is 0 Å². The Morgan fingerprint density at radius 3 is 2.44 bits per heavy atom. The average molecular weight is 263 g/mol. The van der Waals surface area contributed by atoms with Crippen LogP contribution >= 0.6 is 11.6 Å². The number of aromatic amines is 1. The number of hydrogen-bond acceptors (Lipinski definition) is 1. The molecule has 0 aliphatic heterocycles. The van der Waals surface area contributed by atoms with Crippen LogP contribution in [0.2, 0.25) is 5.02 Å². The van der Waals surface area contributed by atoms with Crippen molar-refractivity contribution in [3.63, 3.8) is 0 Å². The van der Waals surface area contributed by atoms with E-state index in [2.05, 4.69) is 24.1 Å². The fraction of sp³-hybridized carbons (Fsp3) is 0.214. The summed E-state index contributed by atoms with van der Waals surface area (Å²) in [6, 6.07) is 9.43. The Morgan fingerprint density at radius 1 is 1.28 bits per heavy atom. The molecule has 4 heteroatoms. The highest BCUT2D eigenvalue weighted by atomic mass is 35.5. The summed E-state index contributed by atoms with van der Waals surface area (Å²) in [7, 11) is 0. The normalized spacial score (nSPS) is 10.7. The molecule has 1 aromatic heterocycles. The van der Waals surface area contributed by atoms with E-state index in [-0.39, 0.29) is 5.91 Å². The number of halogens is 1. The molecular weight excluding hydrogens is 248 g/mol. The van der Waals surface area contributed by atoms with Crippen LogP contribution in [0.4, 0.5) is 5.69 Å². The van der Waals surface area contributed by atoms with Gasteiger partial charge in [0.2, 0.25) is 0 Å². The van der Waals surface area contributed by atoms with Gasteiger partial charge in [-0.3, -0.25) is 4.79 Å². The van der Waals surface area contributed by atoms with E-state index in [1.807, 2.05) is 24.3 Å². The molecule has 3 nitrogen and oxygen atoms in total. The lowest BCUT2D eigenvalue weighted by Crippen LogP contribution is -2.12. The van der Waals surface area contributed by atoms with Gasteiger partial charge in [-0.25, -0.2) is 0 Å². The molecule has 0 saturated heterocycles. The van der Waals surface area contributed by atoms with Gasteiger partial charge in [0.1, 0.15) is 5.69 Å². The Labute approximate surface area is 111 Å². The van der Waals surface area contributed by atoms with Gasteiger partial charge in [0.25, 0.3) is 5.91 Å². The first-order chi connectivity index (χ1) is 8.56. The second kappa shape index (κ2) is 5.27. The van der Waals surface area contributed by atoms with Crippen molar-refractivity contribution in [1.82, 2.24) is 4.98 Å². The molecule has 0 radical (unpaired) electrons. The van der Waals surface area contributed by atoms with E-state index in [4.69, 9.17) is 11.6 Å². The van der Waals surface area contributed by atoms with Crippen LogP contribution in [-0.2, 0) is 0 Å². The number of carbonyl (C=O) groups excluding carboxylic acids is 1. The quantitative estimate of drug-likeness (QED) is 0.861. The van der Waals surface area contributed by atoms with Crippen molar-refractivity contribution in [3.8, 4) is 0 Å². The number of benzene rings is 1. The van der Waals surface area contributed by atoms with E-state index in [9.17, 15) is 4.79 Å². The number of anilines is 1. The van der Waals surface area contributed by atoms with E-state index < -0.39 is 0 Å². The lowest BCUT2D eigenvalue weighted by molar-refractivity contribution is 0.102. The lowest BCUT2D eigenvalue weighted by atomic mass is 10.0. The number of nitrogens with one attached hydrogen (secondary N) is 2. The molecule has 2 N–H and O–H groups in total. The maximum Gasteiger partial charge on any atom is 0.272 e. The first-order valence-electron chi connectivity index (χ1n) is 5.81. The molecule has 2 aromatic rings. The number of rotatable bonds is 3. The highest BCUT2D eigenvalue weighted by Crippen LogP contribution is 2.18. The van der Waals surface area contributed by atoms with Crippen LogP contribution in [0.1, 0.15) is 35.8 Å². The molecule has 1 heterocycles. The second-order valence-electron chi connectivity index (χ2n) is 4.46. The van der Waals surface area contributed by atoms with Gasteiger partial charge in [-0.15, -0.1) is 0 Å². The van der Waals surface area contributed by atoms with Gasteiger partial charge in [-0.2, -0.15) is 0 Å². The zero-order valence-corrected chi connectivity index (χ0v) is 11.1. The average Bonchev–Trinajstić information content (AvgIpc) is 2.76. The van der Waals surface area contributed by atoms with E-state index in [0.29, 0.717) is 16.6 Å². The summed E-state index contributed by atoms with van der Waals surface area (Å²) in [6.45, 7) is 4.27. The molecule has 0 spiro atoms. The Hall–Kier alpha value is -1.74. The van der Waals surface area contributed by atoms with Gasteiger partial charge in [0.15, 0.2) is 0 Å². The summed E-state index contributed by atoms with van der Waals surface area (Å²) in [5, 5.41) is 3.33. The first kappa shape index (κ1) is 12.7. The summed E-state index contributed by atoms with van der Waals surface area (Å²) in [6.07, 6.45) is 1.58. The van der Waals surface area contributed by atoms with E-state index >= 15 is 0 Å². The van der Waals surface area contributed by atoms with Crippen LogP contribution in [0.25, 0.3) is 0 Å². The summed E-state index contributed by atoms with van der Waals surface area (Å²) >= 11 is 5.75. The van der Waals surface area contributed by atoms with Crippen molar-refractivity contribution in [1.29, 1.82) is 0 Å². The predicted octanol–water partition coefficient (Wildman–Crippen LogP) is 4.04. The number of hydrogen-bond donors (Lipinski definition) is 2. The minimum atomic E-state index is -0.195. The molecule has 18 heavy (non-hydrogen) atoms. The Bertz CT molecular complexity index is 543. The van der Waals surface area contributed by atoms with Gasteiger partial charge in [0, 0.05) is 11.9 Å². The molecule has 94 valence electrons. The van der Waals surface area contributed by atoms with Crippen LogP contribution < -0.4 is 5.32 Å². The third-order valence-electron chi connectivity index (χ3n) is 2.73. The third-order valence-corrected chi connectivity index (χ3v) is 2.95. The lowest BCUT2D eigenvalue weighted by Gasteiger charge is -2.07. The van der Waals surface area contributed by atoms with E-state index in [0.717, 1.165) is 5.69 Å². The van der Waals surface area contributed by atoms with Crippen LogP contribution in [-0.4, -0.2) is 10.9 Å². The van der Waals surface area contributed by atoms with Crippen LogP contribution in [0.3, 0.4) is 0 Å². The molecule has 1 aromatic carbocycles. The SMILES string of the molecule is CC(C)c1ccc(NC(=O)c2cc(Cl)c[nH]2)cc1. The highest BCUT2D eigenvalue weighted by molar-refractivity contribution is 6.31. The Kier molecular flexibility index (Phi) is 3.72. The molecule has 0 saturated carbocycles. The van der Waals surface area contributed by atoms with Crippen molar-refractivity contribution in [2.45, 2.75) is 19.8 Å². The summed E-state index contributed by atoms with van der Waals surface area (Å²) in [4.78, 5) is 14.7. The zero-order chi connectivity index (χ0) is 13.1. The van der Waals surface area contributed by atoms with Crippen molar-refractivity contribution >= 4 is 23.2 Å². The Balaban J connectivity index is 2.07. The van der Waals surface area contributed by atoms with Crippen molar-refractivity contribution in [2.75, 3.05) is 5.32 Å². The maximum atomic E-state index is 11.8. The number of carbonyl (C=O) groups is 1. The number of H-pyrrole nitrogens is 1. The molecular formula is C14H15ClN2O. The third kappa shape index (κ3) is 2.93. The molecule has 0 unspecified atom stereocenters. The predicted molar refractivity (Wildman–Crippen MR) is 74.3 cm³/mol. The topological polar surface area (TPSA) is 44.9 Å². The molecule has 0 bridgehead atoms. The molecule has 0 fully saturated rings. The van der Waals surface area contributed by atoms with Crippen LogP contribution in [0.15, 0.2) is 36.5 Å². The van der Waals surface area contributed by atoms with Gasteiger partial charge in [-0.05, 0) is 29.7 Å². The van der Waals surface area contributed by atoms with E-state index in [1.54, 1.807) is 12.3 Å². The molecule has 0 atom stereocenters. The largest absolute Gasteiger partial charge is 0.356 e. The van der Waals surface area contributed by atoms with Crippen LogP contribution in [0, 0.1) is 0 Å². The first-order valence-corrected chi connectivity index (χ1v) is 6.19. The zero-order valence-electron chi connectivity index (χ0n) is 10.3. The number of aromatic nitrogens is 1. The van der Waals surface area contributed by atoms with Crippen molar-refractivity contribution in [2.24, 2.45) is 0 Å². The van der Waals surface area contributed by atoms with Crippen molar-refractivity contribution < 1.29 is 4.79 Å². The van der Waals surface area contributed by atoms with Crippen LogP contribution in [0.5, 0.6) is 0 Å². The summed E-state index contributed by atoms with van der Waals surface area (Å²) < 4.78 is 0. The minimum absolute atomic E-state index is 0.195.